The smallest absolute Gasteiger partial charge is 0.230 e. The molecule has 3 aromatic rings. The maximum atomic E-state index is 12.6. The third-order valence-electron chi connectivity index (χ3n) is 5.76. The van der Waals surface area contributed by atoms with Crippen LogP contribution in [0.4, 0.5) is 0 Å². The second kappa shape index (κ2) is 11.2. The van der Waals surface area contributed by atoms with Crippen molar-refractivity contribution in [3.8, 4) is 17.1 Å². The third kappa shape index (κ3) is 5.94. The quantitative estimate of drug-likeness (QED) is 0.487. The summed E-state index contributed by atoms with van der Waals surface area (Å²) in [6.07, 6.45) is 10.1. The Bertz CT molecular complexity index is 977. The number of hydrogen-bond donors (Lipinski definition) is 1. The molecule has 1 aromatic carbocycles. The molecule has 1 aliphatic rings. The first kappa shape index (κ1) is 22.5. The first-order valence-electron chi connectivity index (χ1n) is 11.2. The van der Waals surface area contributed by atoms with Gasteiger partial charge in [0.25, 0.3) is 0 Å². The Morgan fingerprint density at radius 1 is 1.12 bits per heavy atom. The fourth-order valence-electron chi connectivity index (χ4n) is 4.05. The molecule has 0 unspecified atom stereocenters. The van der Waals surface area contributed by atoms with Gasteiger partial charge in [-0.05, 0) is 49.2 Å². The Morgan fingerprint density at radius 3 is 2.56 bits per heavy atom. The summed E-state index contributed by atoms with van der Waals surface area (Å²) >= 11 is 1.41. The summed E-state index contributed by atoms with van der Waals surface area (Å²) in [4.78, 5) is 12.6. The lowest BCUT2D eigenvalue weighted by Gasteiger charge is -2.20. The Morgan fingerprint density at radius 2 is 1.88 bits per heavy atom. The Kier molecular flexibility index (Phi) is 7.87. The van der Waals surface area contributed by atoms with Crippen molar-refractivity contribution in [2.45, 2.75) is 62.7 Å². The lowest BCUT2D eigenvalue weighted by Crippen LogP contribution is -2.36. The van der Waals surface area contributed by atoms with E-state index in [0.29, 0.717) is 23.5 Å². The van der Waals surface area contributed by atoms with Crippen molar-refractivity contribution in [3.05, 3.63) is 48.4 Å². The minimum Gasteiger partial charge on any atom is -0.497 e. The van der Waals surface area contributed by atoms with Crippen LogP contribution in [0.15, 0.2) is 52.2 Å². The number of carbonyl (C=O) groups is 1. The van der Waals surface area contributed by atoms with Gasteiger partial charge in [0.15, 0.2) is 11.0 Å². The summed E-state index contributed by atoms with van der Waals surface area (Å²) in [5, 5.41) is 12.7. The molecule has 0 bridgehead atoms. The Labute approximate surface area is 192 Å². The number of aromatic nitrogens is 3. The van der Waals surface area contributed by atoms with Crippen molar-refractivity contribution < 1.29 is 13.9 Å². The summed E-state index contributed by atoms with van der Waals surface area (Å²) in [7, 11) is 1.64. The number of nitrogens with zero attached hydrogens (tertiary/aromatic N) is 3. The van der Waals surface area contributed by atoms with E-state index in [1.807, 2.05) is 41.0 Å². The fourth-order valence-corrected chi connectivity index (χ4v) is 4.80. The number of carbonyl (C=O) groups excluding carboxylic acids is 1. The molecule has 0 spiro atoms. The van der Waals surface area contributed by atoms with Gasteiger partial charge in [-0.3, -0.25) is 9.36 Å². The van der Waals surface area contributed by atoms with Gasteiger partial charge < -0.3 is 14.5 Å². The molecule has 2 heterocycles. The number of nitrogens with one attached hydrogen (secondary N) is 1. The molecule has 1 aliphatic carbocycles. The van der Waals surface area contributed by atoms with E-state index in [-0.39, 0.29) is 5.91 Å². The van der Waals surface area contributed by atoms with Crippen molar-refractivity contribution in [1.29, 1.82) is 0 Å². The van der Waals surface area contributed by atoms with Crippen LogP contribution in [0.1, 0.15) is 50.7 Å². The molecule has 2 aromatic heterocycles. The van der Waals surface area contributed by atoms with Gasteiger partial charge in [-0.1, -0.05) is 43.9 Å². The predicted octanol–water partition coefficient (Wildman–Crippen LogP) is 4.92. The Hall–Kier alpha value is -2.74. The molecule has 1 amide bonds. The van der Waals surface area contributed by atoms with Gasteiger partial charge in [0.2, 0.25) is 5.91 Å². The molecule has 170 valence electrons. The van der Waals surface area contributed by atoms with E-state index >= 15 is 0 Å². The summed E-state index contributed by atoms with van der Waals surface area (Å²) in [6.45, 7) is 0.494. The summed E-state index contributed by atoms with van der Waals surface area (Å²) < 4.78 is 12.8. The van der Waals surface area contributed by atoms with Crippen LogP contribution in [-0.2, 0) is 11.3 Å². The van der Waals surface area contributed by atoms with Gasteiger partial charge in [-0.15, -0.1) is 10.2 Å². The minimum absolute atomic E-state index is 0.0547. The molecule has 32 heavy (non-hydrogen) atoms. The van der Waals surface area contributed by atoms with Crippen LogP contribution in [0, 0.1) is 0 Å². The lowest BCUT2D eigenvalue weighted by atomic mass is 9.97. The van der Waals surface area contributed by atoms with Gasteiger partial charge in [0.1, 0.15) is 11.5 Å². The number of rotatable bonds is 8. The molecule has 4 rings (SSSR count). The number of benzene rings is 1. The van der Waals surface area contributed by atoms with Crippen molar-refractivity contribution in [1.82, 2.24) is 20.1 Å². The number of ether oxygens (including phenoxy) is 1. The van der Waals surface area contributed by atoms with E-state index < -0.39 is 0 Å². The number of amides is 1. The molecule has 1 N–H and O–H groups in total. The van der Waals surface area contributed by atoms with Crippen molar-refractivity contribution >= 4 is 17.7 Å². The average molecular weight is 455 g/mol. The van der Waals surface area contributed by atoms with Crippen LogP contribution in [0.3, 0.4) is 0 Å². The zero-order valence-corrected chi connectivity index (χ0v) is 19.3. The molecule has 0 radical (unpaired) electrons. The van der Waals surface area contributed by atoms with E-state index in [1.54, 1.807) is 13.4 Å². The molecule has 7 nitrogen and oxygen atoms in total. The standard InChI is InChI=1S/C24H30N4O3S/c1-30-20-13-11-18(12-14-20)23-26-27-24(28(23)16-21-10-7-15-31-21)32-17-22(29)25-19-8-5-3-2-4-6-9-19/h7,10-15,19H,2-6,8-9,16-17H2,1H3,(H,25,29). The maximum absolute atomic E-state index is 12.6. The van der Waals surface area contributed by atoms with Gasteiger partial charge in [0, 0.05) is 11.6 Å². The van der Waals surface area contributed by atoms with Crippen molar-refractivity contribution in [3.63, 3.8) is 0 Å². The van der Waals surface area contributed by atoms with Gasteiger partial charge in [0.05, 0.1) is 25.7 Å². The van der Waals surface area contributed by atoms with E-state index in [1.165, 1.54) is 43.9 Å². The molecule has 1 fully saturated rings. The summed E-state index contributed by atoms with van der Waals surface area (Å²) in [5.41, 5.74) is 0.927. The average Bonchev–Trinajstić information content (AvgIpc) is 3.45. The van der Waals surface area contributed by atoms with Gasteiger partial charge in [-0.25, -0.2) is 0 Å². The second-order valence-electron chi connectivity index (χ2n) is 8.10. The molecule has 1 saturated carbocycles. The van der Waals surface area contributed by atoms with Crippen LogP contribution in [0.25, 0.3) is 11.4 Å². The van der Waals surface area contributed by atoms with Crippen LogP contribution < -0.4 is 10.1 Å². The molecule has 0 aliphatic heterocycles. The van der Waals surface area contributed by atoms with Gasteiger partial charge in [-0.2, -0.15) is 0 Å². The van der Waals surface area contributed by atoms with Crippen LogP contribution in [0.5, 0.6) is 5.75 Å². The first-order valence-corrected chi connectivity index (χ1v) is 12.2. The molecular weight excluding hydrogens is 424 g/mol. The van der Waals surface area contributed by atoms with E-state index in [2.05, 4.69) is 15.5 Å². The van der Waals surface area contributed by atoms with Crippen LogP contribution in [-0.4, -0.2) is 39.6 Å². The zero-order valence-electron chi connectivity index (χ0n) is 18.5. The first-order chi connectivity index (χ1) is 15.7. The number of thioether (sulfide) groups is 1. The highest BCUT2D eigenvalue weighted by Gasteiger charge is 2.19. The number of furan rings is 1. The maximum Gasteiger partial charge on any atom is 0.230 e. The van der Waals surface area contributed by atoms with E-state index in [0.717, 1.165) is 35.7 Å². The zero-order chi connectivity index (χ0) is 22.2. The number of hydrogen-bond acceptors (Lipinski definition) is 6. The molecule has 8 heteroatoms. The summed E-state index contributed by atoms with van der Waals surface area (Å²) in [5.74, 6) is 2.69. The molecule has 0 saturated heterocycles. The van der Waals surface area contributed by atoms with E-state index in [4.69, 9.17) is 9.15 Å². The largest absolute Gasteiger partial charge is 0.497 e. The topological polar surface area (TPSA) is 82.2 Å². The highest BCUT2D eigenvalue weighted by atomic mass is 32.2. The third-order valence-corrected chi connectivity index (χ3v) is 6.73. The van der Waals surface area contributed by atoms with Gasteiger partial charge >= 0.3 is 0 Å². The minimum atomic E-state index is 0.0547. The van der Waals surface area contributed by atoms with Crippen LogP contribution >= 0.6 is 11.8 Å². The normalized spacial score (nSPS) is 15.2. The number of methoxy groups -OCH3 is 1. The fraction of sp³-hybridized carbons (Fsp3) is 0.458. The SMILES string of the molecule is COc1ccc(-c2nnc(SCC(=O)NC3CCCCCCC3)n2Cc2ccco2)cc1. The van der Waals surface area contributed by atoms with E-state index in [9.17, 15) is 4.79 Å². The van der Waals surface area contributed by atoms with Crippen molar-refractivity contribution in [2.75, 3.05) is 12.9 Å². The van der Waals surface area contributed by atoms with Crippen molar-refractivity contribution in [2.24, 2.45) is 0 Å². The monoisotopic (exact) mass is 454 g/mol. The lowest BCUT2D eigenvalue weighted by molar-refractivity contribution is -0.119. The van der Waals surface area contributed by atoms with Crippen LogP contribution in [0.2, 0.25) is 0 Å². The Balaban J connectivity index is 1.46. The summed E-state index contributed by atoms with van der Waals surface area (Å²) in [6, 6.07) is 11.8. The highest BCUT2D eigenvalue weighted by Crippen LogP contribution is 2.27. The molecular formula is C24H30N4O3S. The highest BCUT2D eigenvalue weighted by molar-refractivity contribution is 7.99. The predicted molar refractivity (Wildman–Crippen MR) is 125 cm³/mol. The second-order valence-corrected chi connectivity index (χ2v) is 9.04. The molecule has 0 atom stereocenters.